The van der Waals surface area contributed by atoms with Gasteiger partial charge in [0.2, 0.25) is 0 Å². The first-order valence-corrected chi connectivity index (χ1v) is 9.61. The second-order valence-electron chi connectivity index (χ2n) is 5.64. The molecule has 126 valence electrons. The highest BCUT2D eigenvalue weighted by atomic mass is 32.2. The molecule has 0 aliphatic heterocycles. The smallest absolute Gasteiger partial charge is 0.180 e. The van der Waals surface area contributed by atoms with Crippen molar-refractivity contribution < 1.29 is 0 Å². The molecule has 1 unspecified atom stereocenters. The molecule has 0 fully saturated rings. The van der Waals surface area contributed by atoms with Crippen molar-refractivity contribution in [3.8, 4) is 12.1 Å². The molecule has 4 N–H and O–H groups in total. The average Bonchev–Trinajstić information content (AvgIpc) is 3.05. The Kier molecular flexibility index (Phi) is 5.22. The van der Waals surface area contributed by atoms with E-state index in [9.17, 15) is 10.5 Å². The highest BCUT2D eigenvalue weighted by Gasteiger charge is 2.25. The average molecular weight is 368 g/mol. The fraction of sp³-hybridized carbons (Fsp3) is 0.294. The van der Waals surface area contributed by atoms with Gasteiger partial charge < -0.3 is 11.5 Å². The van der Waals surface area contributed by atoms with Gasteiger partial charge >= 0.3 is 0 Å². The number of nitrogen functional groups attached to an aromatic ring is 2. The predicted octanol–water partition coefficient (Wildman–Crippen LogP) is 3.56. The lowest BCUT2D eigenvalue weighted by Gasteiger charge is -2.22. The summed E-state index contributed by atoms with van der Waals surface area (Å²) < 4.78 is 0. The molecule has 0 aromatic carbocycles. The lowest BCUT2D eigenvalue weighted by Crippen LogP contribution is -2.11. The van der Waals surface area contributed by atoms with Crippen LogP contribution < -0.4 is 11.5 Å². The standard InChI is InChI=1S/C17H16N6S2/c18-6-12-14(10-4-2-1-3-5-10)13(7-19)16(23-15(12)20)24-8-11-9-25-17(21)22-11/h1-2,9-10H,3-5,8H2,(H2,20,23)(H2,21,22). The van der Waals surface area contributed by atoms with Crippen LogP contribution in [0.3, 0.4) is 0 Å². The van der Waals surface area contributed by atoms with Gasteiger partial charge in [0.1, 0.15) is 23.0 Å². The molecule has 6 nitrogen and oxygen atoms in total. The quantitative estimate of drug-likeness (QED) is 0.624. The summed E-state index contributed by atoms with van der Waals surface area (Å²) in [6, 6.07) is 4.39. The number of nitrogens with zero attached hydrogens (tertiary/aromatic N) is 4. The Labute approximate surface area is 154 Å². The highest BCUT2D eigenvalue weighted by Crippen LogP contribution is 2.39. The van der Waals surface area contributed by atoms with Crippen molar-refractivity contribution >= 4 is 34.0 Å². The summed E-state index contributed by atoms with van der Waals surface area (Å²) >= 11 is 2.77. The number of aromatic nitrogens is 2. The Bertz CT molecular complexity index is 903. The van der Waals surface area contributed by atoms with E-state index in [1.54, 1.807) is 0 Å². The van der Waals surface area contributed by atoms with E-state index < -0.39 is 0 Å². The van der Waals surface area contributed by atoms with E-state index in [0.29, 0.717) is 27.0 Å². The first-order chi connectivity index (χ1) is 12.1. The molecular weight excluding hydrogens is 352 g/mol. The van der Waals surface area contributed by atoms with E-state index in [0.717, 1.165) is 30.5 Å². The molecule has 25 heavy (non-hydrogen) atoms. The first-order valence-electron chi connectivity index (χ1n) is 7.75. The number of hydrogen-bond donors (Lipinski definition) is 2. The lowest BCUT2D eigenvalue weighted by atomic mass is 9.83. The van der Waals surface area contributed by atoms with Crippen molar-refractivity contribution in [2.45, 2.75) is 36.0 Å². The Morgan fingerprint density at radius 1 is 1.20 bits per heavy atom. The molecular formula is C17H16N6S2. The van der Waals surface area contributed by atoms with Crippen LogP contribution in [0, 0.1) is 22.7 Å². The minimum atomic E-state index is 0.119. The molecule has 1 aliphatic carbocycles. The highest BCUT2D eigenvalue weighted by molar-refractivity contribution is 7.98. The minimum Gasteiger partial charge on any atom is -0.383 e. The molecule has 0 saturated carbocycles. The molecule has 0 saturated heterocycles. The Balaban J connectivity index is 2.01. The summed E-state index contributed by atoms with van der Waals surface area (Å²) in [4.78, 5) is 8.54. The fourth-order valence-corrected chi connectivity index (χ4v) is 4.49. The summed E-state index contributed by atoms with van der Waals surface area (Å²) in [6.07, 6.45) is 6.86. The number of allylic oxidation sites excluding steroid dienone is 2. The SMILES string of the molecule is N#Cc1c(N)nc(SCc2csc(N)n2)c(C#N)c1C1CC=CCC1. The van der Waals surface area contributed by atoms with Crippen LogP contribution in [0.1, 0.15) is 47.6 Å². The topological polar surface area (TPSA) is 125 Å². The molecule has 2 aromatic rings. The molecule has 1 aliphatic rings. The second kappa shape index (κ2) is 7.56. The summed E-state index contributed by atoms with van der Waals surface area (Å²) in [6.45, 7) is 0. The van der Waals surface area contributed by atoms with Crippen LogP contribution in [0.15, 0.2) is 22.6 Å². The minimum absolute atomic E-state index is 0.119. The number of thiazole rings is 1. The van der Waals surface area contributed by atoms with Gasteiger partial charge in [-0.2, -0.15) is 10.5 Å². The zero-order valence-corrected chi connectivity index (χ0v) is 15.0. The van der Waals surface area contributed by atoms with Gasteiger partial charge in [-0.05, 0) is 30.7 Å². The van der Waals surface area contributed by atoms with Crippen LogP contribution in [-0.2, 0) is 5.75 Å². The third-order valence-electron chi connectivity index (χ3n) is 4.06. The number of hydrogen-bond acceptors (Lipinski definition) is 8. The van der Waals surface area contributed by atoms with Gasteiger partial charge in [-0.1, -0.05) is 23.9 Å². The number of pyridine rings is 1. The van der Waals surface area contributed by atoms with Crippen LogP contribution in [0.5, 0.6) is 0 Å². The van der Waals surface area contributed by atoms with Crippen molar-refractivity contribution in [1.29, 1.82) is 10.5 Å². The van der Waals surface area contributed by atoms with Gasteiger partial charge in [-0.3, -0.25) is 0 Å². The van der Waals surface area contributed by atoms with Crippen molar-refractivity contribution in [1.82, 2.24) is 9.97 Å². The van der Waals surface area contributed by atoms with Gasteiger partial charge in [0.15, 0.2) is 5.13 Å². The van der Waals surface area contributed by atoms with Gasteiger partial charge in [-0.25, -0.2) is 9.97 Å². The molecule has 3 rings (SSSR count). The monoisotopic (exact) mass is 368 g/mol. The normalized spacial score (nSPS) is 16.3. The van der Waals surface area contributed by atoms with Crippen LogP contribution >= 0.6 is 23.1 Å². The summed E-state index contributed by atoms with van der Waals surface area (Å²) in [5.41, 5.74) is 14.0. The molecule has 2 aromatic heterocycles. The van der Waals surface area contributed by atoms with Gasteiger partial charge in [0, 0.05) is 11.1 Å². The van der Waals surface area contributed by atoms with E-state index in [1.165, 1.54) is 23.1 Å². The third-order valence-corrected chi connectivity index (χ3v) is 5.79. The molecule has 0 amide bonds. The van der Waals surface area contributed by atoms with Crippen molar-refractivity contribution in [3.63, 3.8) is 0 Å². The maximum atomic E-state index is 9.74. The largest absolute Gasteiger partial charge is 0.383 e. The van der Waals surface area contributed by atoms with Crippen molar-refractivity contribution in [2.75, 3.05) is 11.5 Å². The lowest BCUT2D eigenvalue weighted by molar-refractivity contribution is 0.612. The Hall–Kier alpha value is -2.55. The number of thioether (sulfide) groups is 1. The van der Waals surface area contributed by atoms with E-state index in [2.05, 4.69) is 34.3 Å². The number of nitriles is 2. The molecule has 1 atom stereocenters. The molecule has 0 radical (unpaired) electrons. The number of rotatable bonds is 4. The first kappa shape index (κ1) is 17.3. The van der Waals surface area contributed by atoms with E-state index in [1.807, 2.05) is 5.38 Å². The van der Waals surface area contributed by atoms with E-state index in [4.69, 9.17) is 11.5 Å². The summed E-state index contributed by atoms with van der Waals surface area (Å²) in [5.74, 6) is 0.852. The predicted molar refractivity (Wildman–Crippen MR) is 99.9 cm³/mol. The van der Waals surface area contributed by atoms with Crippen LogP contribution in [-0.4, -0.2) is 9.97 Å². The summed E-state index contributed by atoms with van der Waals surface area (Å²) in [5, 5.41) is 22.2. The summed E-state index contributed by atoms with van der Waals surface area (Å²) in [7, 11) is 0. The molecule has 0 spiro atoms. The maximum absolute atomic E-state index is 9.74. The van der Waals surface area contributed by atoms with Gasteiger partial charge in [-0.15, -0.1) is 11.3 Å². The van der Waals surface area contributed by atoms with Crippen LogP contribution in [0.4, 0.5) is 10.9 Å². The van der Waals surface area contributed by atoms with Crippen LogP contribution in [0.2, 0.25) is 0 Å². The number of anilines is 2. The Morgan fingerprint density at radius 2 is 2.00 bits per heavy atom. The molecule has 2 heterocycles. The molecule has 0 bridgehead atoms. The van der Waals surface area contributed by atoms with Crippen molar-refractivity contribution in [3.05, 3.63) is 39.9 Å². The van der Waals surface area contributed by atoms with E-state index >= 15 is 0 Å². The maximum Gasteiger partial charge on any atom is 0.180 e. The third kappa shape index (κ3) is 3.60. The van der Waals surface area contributed by atoms with Gasteiger partial charge in [0.05, 0.1) is 16.8 Å². The van der Waals surface area contributed by atoms with Gasteiger partial charge in [0.25, 0.3) is 0 Å². The van der Waals surface area contributed by atoms with Crippen molar-refractivity contribution in [2.24, 2.45) is 0 Å². The van der Waals surface area contributed by atoms with E-state index in [-0.39, 0.29) is 11.7 Å². The molecule has 8 heteroatoms. The zero-order valence-electron chi connectivity index (χ0n) is 13.4. The second-order valence-corrected chi connectivity index (χ2v) is 7.49. The fourth-order valence-electron chi connectivity index (χ4n) is 2.92. The number of nitrogens with two attached hydrogens (primary N) is 2. The van der Waals surface area contributed by atoms with Crippen LogP contribution in [0.25, 0.3) is 0 Å². The zero-order chi connectivity index (χ0) is 17.8. The Morgan fingerprint density at radius 3 is 2.60 bits per heavy atom.